The number of allylic oxidation sites excluding steroid dienone is 1. The van der Waals surface area contributed by atoms with Gasteiger partial charge in [0.05, 0.1) is 0 Å². The molecule has 0 spiro atoms. The van der Waals surface area contributed by atoms with Crippen molar-refractivity contribution in [2.75, 3.05) is 0 Å². The molecule has 2 rings (SSSR count). The van der Waals surface area contributed by atoms with Crippen LogP contribution in [0.5, 0.6) is 11.5 Å². The van der Waals surface area contributed by atoms with Gasteiger partial charge in [0.1, 0.15) is 11.5 Å². The van der Waals surface area contributed by atoms with Crippen LogP contribution in [0.15, 0.2) is 54.1 Å². The first kappa shape index (κ1) is 23.3. The van der Waals surface area contributed by atoms with Crippen LogP contribution in [0.4, 0.5) is 0 Å². The number of hydrogen-bond donors (Lipinski definition) is 3. The Morgan fingerprint density at radius 1 is 1.10 bits per heavy atom. The summed E-state index contributed by atoms with van der Waals surface area (Å²) in [4.78, 5) is 16.1. The fraction of sp³-hybridized carbons (Fsp3) is 0.300. The summed E-state index contributed by atoms with van der Waals surface area (Å²) in [7, 11) is -9.76. The summed E-state index contributed by atoms with van der Waals surface area (Å²) in [5.41, 5.74) is 3.08. The largest absolute Gasteiger partial charge is 0.457 e. The number of ether oxygens (including phenoxy) is 1. The SMILES string of the molecule is CC(C)=Cc1cccc(Oc2ccc(CCCC(P(=O)(O)O)S(=O)(=O)O)cc2)c1. The van der Waals surface area contributed by atoms with Crippen LogP contribution in [0, 0.1) is 0 Å². The fourth-order valence-corrected chi connectivity index (χ4v) is 5.20. The van der Waals surface area contributed by atoms with E-state index in [-0.39, 0.29) is 12.8 Å². The van der Waals surface area contributed by atoms with E-state index in [9.17, 15) is 13.0 Å². The van der Waals surface area contributed by atoms with Gasteiger partial charge in [-0.1, -0.05) is 35.9 Å². The van der Waals surface area contributed by atoms with Crippen molar-refractivity contribution >= 4 is 23.8 Å². The minimum Gasteiger partial charge on any atom is -0.457 e. The fourth-order valence-electron chi connectivity index (χ4n) is 2.83. The third-order valence-electron chi connectivity index (χ3n) is 4.11. The second kappa shape index (κ2) is 9.69. The zero-order chi connectivity index (χ0) is 21.7. The van der Waals surface area contributed by atoms with Crippen molar-refractivity contribution in [1.29, 1.82) is 0 Å². The lowest BCUT2D eigenvalue weighted by Gasteiger charge is -2.15. The second-order valence-electron chi connectivity index (χ2n) is 6.99. The molecule has 29 heavy (non-hydrogen) atoms. The smallest absolute Gasteiger partial charge is 0.346 e. The molecular formula is C20H25O7PS. The van der Waals surface area contributed by atoms with Gasteiger partial charge < -0.3 is 14.5 Å². The van der Waals surface area contributed by atoms with E-state index >= 15 is 0 Å². The molecule has 0 heterocycles. The molecule has 0 aromatic heterocycles. The van der Waals surface area contributed by atoms with E-state index in [1.54, 1.807) is 24.3 Å². The quantitative estimate of drug-likeness (QED) is 0.384. The highest BCUT2D eigenvalue weighted by Crippen LogP contribution is 2.46. The highest BCUT2D eigenvalue weighted by atomic mass is 32.2. The van der Waals surface area contributed by atoms with Crippen molar-refractivity contribution in [2.24, 2.45) is 0 Å². The minimum absolute atomic E-state index is 0.195. The van der Waals surface area contributed by atoms with Crippen molar-refractivity contribution < 1.29 is 32.1 Å². The Bertz CT molecular complexity index is 1000. The highest BCUT2D eigenvalue weighted by Gasteiger charge is 2.38. The van der Waals surface area contributed by atoms with Crippen LogP contribution in [0.2, 0.25) is 0 Å². The van der Waals surface area contributed by atoms with E-state index in [4.69, 9.17) is 19.1 Å². The molecule has 2 aromatic rings. The lowest BCUT2D eigenvalue weighted by Crippen LogP contribution is -2.20. The molecule has 158 valence electrons. The molecule has 9 heteroatoms. The van der Waals surface area contributed by atoms with Gasteiger partial charge in [-0.15, -0.1) is 0 Å². The monoisotopic (exact) mass is 440 g/mol. The Morgan fingerprint density at radius 2 is 1.76 bits per heavy atom. The average molecular weight is 440 g/mol. The zero-order valence-electron chi connectivity index (χ0n) is 16.2. The third kappa shape index (κ3) is 7.76. The second-order valence-corrected chi connectivity index (χ2v) is 10.7. The Hall–Kier alpha value is -1.96. The van der Waals surface area contributed by atoms with Gasteiger partial charge in [0.25, 0.3) is 10.1 Å². The maximum Gasteiger partial charge on any atom is 0.346 e. The molecule has 1 atom stereocenters. The summed E-state index contributed by atoms with van der Waals surface area (Å²) in [6.07, 6.45) is 2.31. The lowest BCUT2D eigenvalue weighted by atomic mass is 10.1. The van der Waals surface area contributed by atoms with E-state index in [1.165, 1.54) is 5.57 Å². The summed E-state index contributed by atoms with van der Waals surface area (Å²) in [6.45, 7) is 4.04. The van der Waals surface area contributed by atoms with Gasteiger partial charge in [-0.2, -0.15) is 8.42 Å². The topological polar surface area (TPSA) is 121 Å². The van der Waals surface area contributed by atoms with E-state index < -0.39 is 22.7 Å². The Morgan fingerprint density at radius 3 is 2.31 bits per heavy atom. The lowest BCUT2D eigenvalue weighted by molar-refractivity contribution is 0.360. The summed E-state index contributed by atoms with van der Waals surface area (Å²) < 4.78 is 48.4. The Labute approximate surface area is 171 Å². The minimum atomic E-state index is -4.94. The van der Waals surface area contributed by atoms with E-state index in [2.05, 4.69) is 0 Å². The van der Waals surface area contributed by atoms with Gasteiger partial charge in [-0.3, -0.25) is 9.12 Å². The first-order valence-corrected chi connectivity index (χ1v) is 12.2. The molecule has 1 unspecified atom stereocenters. The third-order valence-corrected chi connectivity index (χ3v) is 7.66. The first-order valence-electron chi connectivity index (χ1n) is 8.98. The van der Waals surface area contributed by atoms with Crippen molar-refractivity contribution in [3.8, 4) is 11.5 Å². The van der Waals surface area contributed by atoms with Crippen LogP contribution in [-0.4, -0.2) is 27.7 Å². The van der Waals surface area contributed by atoms with Gasteiger partial charge >= 0.3 is 7.60 Å². The predicted octanol–water partition coefficient (Wildman–Crippen LogP) is 4.62. The number of aryl methyl sites for hydroxylation is 1. The van der Waals surface area contributed by atoms with Gasteiger partial charge in [-0.05, 0) is 68.5 Å². The van der Waals surface area contributed by atoms with Crippen LogP contribution in [0.25, 0.3) is 6.08 Å². The molecule has 7 nitrogen and oxygen atoms in total. The molecule has 0 aliphatic carbocycles. The molecule has 0 aliphatic heterocycles. The van der Waals surface area contributed by atoms with Crippen LogP contribution in [-0.2, 0) is 21.1 Å². The van der Waals surface area contributed by atoms with Gasteiger partial charge in [0.2, 0.25) is 0 Å². The molecule has 3 N–H and O–H groups in total. The maximum atomic E-state index is 11.3. The molecule has 0 saturated heterocycles. The van der Waals surface area contributed by atoms with Crippen LogP contribution >= 0.6 is 7.60 Å². The number of benzene rings is 2. The van der Waals surface area contributed by atoms with Crippen molar-refractivity contribution in [1.82, 2.24) is 0 Å². The molecule has 0 amide bonds. The molecule has 0 fully saturated rings. The Balaban J connectivity index is 1.97. The van der Waals surface area contributed by atoms with E-state index in [0.717, 1.165) is 11.1 Å². The van der Waals surface area contributed by atoms with Gasteiger partial charge in [0, 0.05) is 0 Å². The first-order chi connectivity index (χ1) is 13.4. The normalized spacial score (nSPS) is 13.0. The molecule has 0 radical (unpaired) electrons. The van der Waals surface area contributed by atoms with Crippen molar-refractivity contribution in [3.63, 3.8) is 0 Å². The van der Waals surface area contributed by atoms with Gasteiger partial charge in [0.15, 0.2) is 4.99 Å². The summed E-state index contributed by atoms with van der Waals surface area (Å²) >= 11 is 0. The predicted molar refractivity (Wildman–Crippen MR) is 113 cm³/mol. The summed E-state index contributed by atoms with van der Waals surface area (Å²) in [5, 5.41) is 0. The molecule has 0 aliphatic rings. The number of rotatable bonds is 9. The van der Waals surface area contributed by atoms with Crippen LogP contribution in [0.3, 0.4) is 0 Å². The van der Waals surface area contributed by atoms with Gasteiger partial charge in [-0.25, -0.2) is 0 Å². The Kier molecular flexibility index (Phi) is 7.80. The maximum absolute atomic E-state index is 11.3. The van der Waals surface area contributed by atoms with Crippen molar-refractivity contribution in [3.05, 3.63) is 65.2 Å². The van der Waals surface area contributed by atoms with E-state index in [1.807, 2.05) is 44.2 Å². The summed E-state index contributed by atoms with van der Waals surface area (Å²) in [5.74, 6) is 1.33. The van der Waals surface area contributed by atoms with Crippen LogP contribution < -0.4 is 4.74 Å². The average Bonchev–Trinajstić information content (AvgIpc) is 2.57. The number of hydrogen-bond acceptors (Lipinski definition) is 4. The standard InChI is InChI=1S/C20H25O7PS/c1-15(2)13-17-6-3-7-19(14-17)27-18-11-9-16(10-12-18)5-4-8-20(28(21,22)23)29(24,25)26/h3,6-7,9-14,20H,4-5,8H2,1-2H3,(H2,21,22,23)(H,24,25,26). The molecular weight excluding hydrogens is 415 g/mol. The zero-order valence-corrected chi connectivity index (χ0v) is 17.9. The molecule has 0 saturated carbocycles. The summed E-state index contributed by atoms with van der Waals surface area (Å²) in [6, 6.07) is 14.8. The van der Waals surface area contributed by atoms with Crippen LogP contribution in [0.1, 0.15) is 37.8 Å². The van der Waals surface area contributed by atoms with Crippen molar-refractivity contribution in [2.45, 2.75) is 38.1 Å². The highest BCUT2D eigenvalue weighted by molar-refractivity contribution is 7.93. The molecule has 0 bridgehead atoms. The molecule has 2 aromatic carbocycles. The van der Waals surface area contributed by atoms with E-state index in [0.29, 0.717) is 17.9 Å².